The van der Waals surface area contributed by atoms with E-state index < -0.39 is 77.6 Å². The lowest BCUT2D eigenvalue weighted by molar-refractivity contribution is -0.159. The maximum atomic E-state index is 13.2. The molecule has 0 unspecified atom stereocenters. The van der Waals surface area contributed by atoms with Crippen molar-refractivity contribution in [2.45, 2.75) is 91.0 Å². The third kappa shape index (κ3) is 13.1. The van der Waals surface area contributed by atoms with E-state index in [-0.39, 0.29) is 31.3 Å². The van der Waals surface area contributed by atoms with Gasteiger partial charge < -0.3 is 29.2 Å². The molecule has 2 atom stereocenters. The molecule has 1 saturated heterocycles. The van der Waals surface area contributed by atoms with Crippen LogP contribution in [0.15, 0.2) is 72.8 Å². The van der Waals surface area contributed by atoms with Crippen LogP contribution >= 0.6 is 0 Å². The van der Waals surface area contributed by atoms with Gasteiger partial charge in [-0.1, -0.05) is 95.3 Å². The Morgan fingerprint density at radius 3 is 2.00 bits per heavy atom. The predicted molar refractivity (Wildman–Crippen MR) is 207 cm³/mol. The van der Waals surface area contributed by atoms with Gasteiger partial charge in [-0.15, -0.1) is 0 Å². The number of rotatable bonds is 19. The second-order valence-corrected chi connectivity index (χ2v) is 22.3. The van der Waals surface area contributed by atoms with Gasteiger partial charge in [0.1, 0.15) is 18.2 Å². The minimum Gasteiger partial charge on any atom is -0.478 e. The number of benzene rings is 2. The average Bonchev–Trinajstić information content (AvgIpc) is 3.35. The predicted octanol–water partition coefficient (Wildman–Crippen LogP) is 3.41. The fraction of sp³-hybridized carbons (Fsp3) is 0.538. The molecule has 0 bridgehead atoms. The lowest BCUT2D eigenvalue weighted by Gasteiger charge is -2.43. The first-order valence-electron chi connectivity index (χ1n) is 18.0. The highest BCUT2D eigenvalue weighted by molar-refractivity contribution is 7.86. The molecule has 0 aliphatic carbocycles. The monoisotopic (exact) mass is 788 g/mol. The summed E-state index contributed by atoms with van der Waals surface area (Å²) in [6.07, 6.45) is 2.01. The summed E-state index contributed by atoms with van der Waals surface area (Å²) < 4.78 is 49.3. The zero-order valence-electron chi connectivity index (χ0n) is 32.6. The van der Waals surface area contributed by atoms with Gasteiger partial charge in [-0.2, -0.15) is 8.42 Å². The van der Waals surface area contributed by atoms with Crippen molar-refractivity contribution in [1.82, 2.24) is 10.2 Å². The SMILES string of the molecule is CC(C)(CCO[Si](c1ccccc1)(c1ccccc1)C(C)(C)C)COS(=O)(=O)CCOC[C@@H]1C[C@@H](NC(=O)C=CC(=O)O)C(=O)N1CC(=O)OC(C)(C)C. The quantitative estimate of drug-likeness (QED) is 0.0702. The third-order valence-corrected chi connectivity index (χ3v) is 15.1. The van der Waals surface area contributed by atoms with Crippen LogP contribution in [0.25, 0.3) is 0 Å². The molecule has 1 fully saturated rings. The summed E-state index contributed by atoms with van der Waals surface area (Å²) >= 11 is 0. The van der Waals surface area contributed by atoms with Crippen LogP contribution in [-0.2, 0) is 47.4 Å². The second-order valence-electron chi connectivity index (χ2n) is 16.2. The molecule has 0 saturated carbocycles. The molecule has 2 N–H and O–H groups in total. The topological polar surface area (TPSA) is 175 Å². The van der Waals surface area contributed by atoms with E-state index in [1.165, 1.54) is 4.90 Å². The number of carboxylic acids is 1. The first-order chi connectivity index (χ1) is 25.1. The van der Waals surface area contributed by atoms with Crippen molar-refractivity contribution >= 4 is 52.6 Å². The van der Waals surface area contributed by atoms with Gasteiger partial charge in [-0.05, 0) is 54.4 Å². The van der Waals surface area contributed by atoms with Crippen molar-refractivity contribution < 1.29 is 50.8 Å². The van der Waals surface area contributed by atoms with Gasteiger partial charge in [0.05, 0.1) is 31.6 Å². The molecule has 0 radical (unpaired) electrons. The maximum absolute atomic E-state index is 13.2. The molecule has 1 aliphatic heterocycles. The van der Waals surface area contributed by atoms with Gasteiger partial charge in [-0.25, -0.2) is 4.79 Å². The van der Waals surface area contributed by atoms with Gasteiger partial charge in [0.15, 0.2) is 0 Å². The molecule has 1 aliphatic rings. The van der Waals surface area contributed by atoms with Crippen LogP contribution in [0, 0.1) is 5.41 Å². The standard InChI is InChI=1S/C39H56N2O11SSi/c1-37(2,3)52-35(45)26-41-29(25-32(36(41)46)40-33(42)19-20-34(43)44)27-49-23-24-53(47,48)50-28-39(7,8)21-22-51-54(38(4,5)6,30-15-11-9-12-16-30)31-17-13-10-14-18-31/h9-20,29,32H,21-28H2,1-8H3,(H,40,42)(H,43,44)/t29-,32+/m0/s1. The van der Waals surface area contributed by atoms with E-state index in [0.29, 0.717) is 19.1 Å². The zero-order valence-corrected chi connectivity index (χ0v) is 34.4. The first kappa shape index (κ1) is 44.5. The summed E-state index contributed by atoms with van der Waals surface area (Å²) in [7, 11) is -6.76. The van der Waals surface area contributed by atoms with E-state index in [1.54, 1.807) is 20.8 Å². The van der Waals surface area contributed by atoms with Crippen LogP contribution in [0.4, 0.5) is 0 Å². The molecule has 15 heteroatoms. The van der Waals surface area contributed by atoms with Gasteiger partial charge in [0.25, 0.3) is 18.4 Å². The molecule has 54 heavy (non-hydrogen) atoms. The third-order valence-electron chi connectivity index (χ3n) is 8.87. The van der Waals surface area contributed by atoms with Crippen LogP contribution in [-0.4, -0.2) is 107 Å². The van der Waals surface area contributed by atoms with E-state index in [9.17, 15) is 27.6 Å². The van der Waals surface area contributed by atoms with Gasteiger partial charge >= 0.3 is 11.9 Å². The van der Waals surface area contributed by atoms with E-state index in [1.807, 2.05) is 50.2 Å². The Labute approximate surface area is 320 Å². The Morgan fingerprint density at radius 1 is 0.907 bits per heavy atom. The maximum Gasteiger partial charge on any atom is 0.328 e. The highest BCUT2D eigenvalue weighted by atomic mass is 32.2. The fourth-order valence-electron chi connectivity index (χ4n) is 6.25. The molecular weight excluding hydrogens is 733 g/mol. The van der Waals surface area contributed by atoms with Crippen LogP contribution in [0.2, 0.25) is 5.04 Å². The molecule has 298 valence electrons. The molecule has 2 amide bonds. The summed E-state index contributed by atoms with van der Waals surface area (Å²) in [6.45, 7) is 15.0. The number of carboxylic acid groups (broad SMARTS) is 1. The van der Waals surface area contributed by atoms with E-state index in [0.717, 1.165) is 16.4 Å². The van der Waals surface area contributed by atoms with Crippen molar-refractivity contribution in [2.75, 3.05) is 38.7 Å². The number of esters is 1. The van der Waals surface area contributed by atoms with E-state index in [4.69, 9.17) is 23.2 Å². The van der Waals surface area contributed by atoms with Crippen molar-refractivity contribution in [3.8, 4) is 0 Å². The van der Waals surface area contributed by atoms with Gasteiger partial charge in [-0.3, -0.25) is 18.6 Å². The molecule has 1 heterocycles. The van der Waals surface area contributed by atoms with E-state index >= 15 is 0 Å². The number of ether oxygens (including phenoxy) is 2. The number of nitrogens with zero attached hydrogens (tertiary/aromatic N) is 1. The summed E-state index contributed by atoms with van der Waals surface area (Å²) in [6, 6.07) is 18.8. The van der Waals surface area contributed by atoms with Crippen LogP contribution in [0.1, 0.15) is 68.2 Å². The number of aliphatic carboxylic acids is 1. The van der Waals surface area contributed by atoms with Crippen LogP contribution in [0.3, 0.4) is 0 Å². The normalized spacial score (nSPS) is 17.2. The molecule has 0 spiro atoms. The number of hydrogen-bond acceptors (Lipinski definition) is 10. The summed E-state index contributed by atoms with van der Waals surface area (Å²) in [5.74, 6) is -3.83. The number of amides is 2. The Bertz CT molecular complexity index is 1680. The fourth-order valence-corrected chi connectivity index (χ4v) is 11.8. The number of carbonyl (C=O) groups is 4. The first-order valence-corrected chi connectivity index (χ1v) is 21.5. The van der Waals surface area contributed by atoms with Crippen molar-refractivity contribution in [1.29, 1.82) is 0 Å². The number of nitrogens with one attached hydrogen (secondary N) is 1. The molecular formula is C39H56N2O11SSi. The molecule has 2 aromatic rings. The Balaban J connectivity index is 1.58. The minimum absolute atomic E-state index is 0.0433. The van der Waals surface area contributed by atoms with Gasteiger partial charge in [0.2, 0.25) is 11.8 Å². The zero-order chi connectivity index (χ0) is 40.4. The lowest BCUT2D eigenvalue weighted by atomic mass is 9.91. The van der Waals surface area contributed by atoms with E-state index in [2.05, 4.69) is 50.4 Å². The van der Waals surface area contributed by atoms with Gasteiger partial charge in [0, 0.05) is 18.8 Å². The summed E-state index contributed by atoms with van der Waals surface area (Å²) in [4.78, 5) is 49.9. The molecule has 3 rings (SSSR count). The Morgan fingerprint density at radius 2 is 1.48 bits per heavy atom. The minimum atomic E-state index is -4.00. The number of likely N-dealkylation sites (tertiary alicyclic amines) is 1. The van der Waals surface area contributed by atoms with Crippen LogP contribution in [0.5, 0.6) is 0 Å². The average molecular weight is 789 g/mol. The van der Waals surface area contributed by atoms with Crippen molar-refractivity contribution in [2.24, 2.45) is 5.41 Å². The molecule has 0 aromatic heterocycles. The molecule has 13 nitrogen and oxygen atoms in total. The van der Waals surface area contributed by atoms with Crippen molar-refractivity contribution in [3.05, 3.63) is 72.8 Å². The largest absolute Gasteiger partial charge is 0.478 e. The number of hydrogen-bond donors (Lipinski definition) is 2. The Kier molecular flexibility index (Phi) is 15.4. The van der Waals surface area contributed by atoms with Crippen LogP contribution < -0.4 is 15.7 Å². The Hall–Kier alpha value is -3.89. The summed E-state index contributed by atoms with van der Waals surface area (Å²) in [5, 5.41) is 13.4. The highest BCUT2D eigenvalue weighted by Crippen LogP contribution is 2.37. The molecule has 2 aromatic carbocycles. The summed E-state index contributed by atoms with van der Waals surface area (Å²) in [5.41, 5.74) is -1.36. The lowest BCUT2D eigenvalue weighted by Crippen LogP contribution is -2.66. The van der Waals surface area contributed by atoms with Crippen molar-refractivity contribution in [3.63, 3.8) is 0 Å². The number of carbonyl (C=O) groups excluding carboxylic acids is 3. The second kappa shape index (κ2) is 18.6. The smallest absolute Gasteiger partial charge is 0.328 e. The highest BCUT2D eigenvalue weighted by Gasteiger charge is 2.50.